The highest BCUT2D eigenvalue weighted by atomic mass is 35.5. The Balaban J connectivity index is 1.40. The van der Waals surface area contributed by atoms with E-state index in [1.54, 1.807) is 18.2 Å². The highest BCUT2D eigenvalue weighted by molar-refractivity contribution is 6.31. The molecule has 0 atom stereocenters. The van der Waals surface area contributed by atoms with Crippen LogP contribution in [0, 0.1) is 0 Å². The Morgan fingerprint density at radius 2 is 2.00 bits per heavy atom. The lowest BCUT2D eigenvalue weighted by atomic mass is 10.1. The molecular formula is C20H16ClN3O3. The molecule has 4 aromatic rings. The number of aromatic amines is 2. The summed E-state index contributed by atoms with van der Waals surface area (Å²) in [6, 6.07) is 12.8. The van der Waals surface area contributed by atoms with Crippen LogP contribution in [0.15, 0.2) is 53.5 Å². The van der Waals surface area contributed by atoms with Gasteiger partial charge in [-0.05, 0) is 36.2 Å². The van der Waals surface area contributed by atoms with Gasteiger partial charge in [-0.25, -0.2) is 4.98 Å². The van der Waals surface area contributed by atoms with E-state index >= 15 is 0 Å². The number of benzene rings is 2. The second kappa shape index (κ2) is 7.25. The minimum atomic E-state index is -0.353. The van der Waals surface area contributed by atoms with Crippen LogP contribution in [-0.4, -0.2) is 20.9 Å². The number of nitrogens with zero attached hydrogens (tertiary/aromatic N) is 1. The molecule has 0 bridgehead atoms. The number of hydrogen-bond donors (Lipinski definition) is 2. The van der Waals surface area contributed by atoms with E-state index in [0.717, 1.165) is 16.5 Å². The highest BCUT2D eigenvalue weighted by Gasteiger charge is 2.10. The summed E-state index contributed by atoms with van der Waals surface area (Å²) in [5.74, 6) is -0.0654. The molecule has 27 heavy (non-hydrogen) atoms. The Bertz CT molecular complexity index is 1200. The van der Waals surface area contributed by atoms with Crippen molar-refractivity contribution in [2.75, 3.05) is 0 Å². The fourth-order valence-electron chi connectivity index (χ4n) is 3.03. The Kier molecular flexibility index (Phi) is 4.64. The number of aryl methyl sites for hydroxylation is 1. The molecule has 0 radical (unpaired) electrons. The Morgan fingerprint density at radius 3 is 2.89 bits per heavy atom. The molecule has 2 aromatic carbocycles. The zero-order valence-electron chi connectivity index (χ0n) is 14.3. The fourth-order valence-corrected chi connectivity index (χ4v) is 3.19. The Hall–Kier alpha value is -3.12. The molecule has 0 saturated carbocycles. The largest absolute Gasteiger partial charge is 0.458 e. The minimum Gasteiger partial charge on any atom is -0.458 e. The summed E-state index contributed by atoms with van der Waals surface area (Å²) in [4.78, 5) is 34.3. The fraction of sp³-hybridized carbons (Fsp3) is 0.150. The summed E-state index contributed by atoms with van der Waals surface area (Å²) in [5.41, 5.74) is 2.28. The van der Waals surface area contributed by atoms with Gasteiger partial charge in [0.25, 0.3) is 5.56 Å². The average Bonchev–Trinajstić information content (AvgIpc) is 3.07. The van der Waals surface area contributed by atoms with Crippen molar-refractivity contribution in [3.8, 4) is 0 Å². The van der Waals surface area contributed by atoms with E-state index in [9.17, 15) is 9.59 Å². The Morgan fingerprint density at radius 1 is 1.15 bits per heavy atom. The second-order valence-corrected chi connectivity index (χ2v) is 6.63. The maximum atomic E-state index is 12.1. The lowest BCUT2D eigenvalue weighted by molar-refractivity contribution is -0.145. The SMILES string of the molecule is O=C(CCc1c[nH]c2ccccc12)OCc1nc2cc(Cl)ccc2c(=O)[nH]1. The predicted octanol–water partition coefficient (Wildman–Crippen LogP) is 3.73. The Labute approximate surface area is 159 Å². The van der Waals surface area contributed by atoms with Gasteiger partial charge in [0.2, 0.25) is 0 Å². The van der Waals surface area contributed by atoms with Gasteiger partial charge >= 0.3 is 5.97 Å². The molecule has 2 aromatic heterocycles. The van der Waals surface area contributed by atoms with E-state index < -0.39 is 0 Å². The van der Waals surface area contributed by atoms with Crippen LogP contribution in [0.25, 0.3) is 21.8 Å². The number of H-pyrrole nitrogens is 2. The second-order valence-electron chi connectivity index (χ2n) is 6.19. The maximum absolute atomic E-state index is 12.1. The molecule has 0 fully saturated rings. The van der Waals surface area contributed by atoms with Gasteiger partial charge < -0.3 is 14.7 Å². The van der Waals surface area contributed by atoms with Crippen LogP contribution >= 0.6 is 11.6 Å². The average molecular weight is 382 g/mol. The van der Waals surface area contributed by atoms with Gasteiger partial charge in [-0.2, -0.15) is 0 Å². The van der Waals surface area contributed by atoms with Crippen molar-refractivity contribution in [3.63, 3.8) is 0 Å². The number of fused-ring (bicyclic) bond motifs is 2. The van der Waals surface area contributed by atoms with Gasteiger partial charge in [-0.1, -0.05) is 29.8 Å². The molecule has 4 rings (SSSR count). The van der Waals surface area contributed by atoms with Crippen molar-refractivity contribution in [1.82, 2.24) is 15.0 Å². The molecule has 136 valence electrons. The van der Waals surface area contributed by atoms with Crippen LogP contribution in [0.2, 0.25) is 5.02 Å². The standard InChI is InChI=1S/C20H16ClN3O3/c21-13-6-7-15-17(9-13)23-18(24-20(15)26)11-27-19(25)8-5-12-10-22-16-4-2-1-3-14(12)16/h1-4,6-7,9-10,22H,5,8,11H2,(H,23,24,26). The number of hydrogen-bond acceptors (Lipinski definition) is 4. The van der Waals surface area contributed by atoms with E-state index in [1.807, 2.05) is 30.5 Å². The molecule has 6 nitrogen and oxygen atoms in total. The molecule has 0 unspecified atom stereocenters. The van der Waals surface area contributed by atoms with Crippen molar-refractivity contribution in [2.24, 2.45) is 0 Å². The predicted molar refractivity (Wildman–Crippen MR) is 104 cm³/mol. The smallest absolute Gasteiger partial charge is 0.306 e. The van der Waals surface area contributed by atoms with Crippen LogP contribution in [0.1, 0.15) is 17.8 Å². The zero-order valence-corrected chi connectivity index (χ0v) is 15.0. The highest BCUT2D eigenvalue weighted by Crippen LogP contribution is 2.19. The zero-order chi connectivity index (χ0) is 18.8. The molecule has 2 heterocycles. The third-order valence-corrected chi connectivity index (χ3v) is 4.60. The maximum Gasteiger partial charge on any atom is 0.306 e. The van der Waals surface area contributed by atoms with E-state index in [1.165, 1.54) is 0 Å². The first-order chi connectivity index (χ1) is 13.1. The molecule has 0 aliphatic heterocycles. The third-order valence-electron chi connectivity index (χ3n) is 4.36. The molecule has 7 heteroatoms. The van der Waals surface area contributed by atoms with Gasteiger partial charge in [0, 0.05) is 28.5 Å². The summed E-state index contributed by atoms with van der Waals surface area (Å²) in [6.45, 7) is -0.0928. The van der Waals surface area contributed by atoms with Crippen molar-refractivity contribution >= 4 is 39.4 Å². The van der Waals surface area contributed by atoms with Crippen LogP contribution in [0.4, 0.5) is 0 Å². The number of nitrogens with one attached hydrogen (secondary N) is 2. The summed E-state index contributed by atoms with van der Waals surface area (Å²) in [7, 11) is 0. The lowest BCUT2D eigenvalue weighted by Gasteiger charge is -2.06. The molecule has 0 aliphatic rings. The minimum absolute atomic E-state index is 0.0928. The van der Waals surface area contributed by atoms with E-state index in [-0.39, 0.29) is 30.4 Å². The van der Waals surface area contributed by atoms with Crippen LogP contribution in [-0.2, 0) is 22.6 Å². The first-order valence-corrected chi connectivity index (χ1v) is 8.87. The van der Waals surface area contributed by atoms with E-state index in [0.29, 0.717) is 22.3 Å². The van der Waals surface area contributed by atoms with Crippen molar-refractivity contribution in [1.29, 1.82) is 0 Å². The lowest BCUT2D eigenvalue weighted by Crippen LogP contribution is -2.14. The van der Waals surface area contributed by atoms with Crippen molar-refractivity contribution in [3.05, 3.63) is 75.4 Å². The number of esters is 1. The number of aromatic nitrogens is 3. The number of carbonyl (C=O) groups excluding carboxylic acids is 1. The number of ether oxygens (including phenoxy) is 1. The summed E-state index contributed by atoms with van der Waals surface area (Å²) in [5, 5.41) is 2.03. The number of halogens is 1. The third kappa shape index (κ3) is 3.71. The topological polar surface area (TPSA) is 87.8 Å². The monoisotopic (exact) mass is 381 g/mol. The molecule has 2 N–H and O–H groups in total. The molecule has 0 saturated heterocycles. The van der Waals surface area contributed by atoms with Crippen LogP contribution < -0.4 is 5.56 Å². The van der Waals surface area contributed by atoms with Crippen LogP contribution in [0.3, 0.4) is 0 Å². The van der Waals surface area contributed by atoms with Gasteiger partial charge in [0.1, 0.15) is 12.4 Å². The van der Waals surface area contributed by atoms with E-state index in [4.69, 9.17) is 16.3 Å². The quantitative estimate of drug-likeness (QED) is 0.515. The molecular weight excluding hydrogens is 366 g/mol. The van der Waals surface area contributed by atoms with Gasteiger partial charge in [0.15, 0.2) is 0 Å². The van der Waals surface area contributed by atoms with Gasteiger partial charge in [0.05, 0.1) is 10.9 Å². The first kappa shape index (κ1) is 17.3. The summed E-state index contributed by atoms with van der Waals surface area (Å²) in [6.07, 6.45) is 2.72. The number of carbonyl (C=O) groups is 1. The molecule has 0 spiro atoms. The molecule has 0 aliphatic carbocycles. The van der Waals surface area contributed by atoms with Crippen molar-refractivity contribution in [2.45, 2.75) is 19.4 Å². The van der Waals surface area contributed by atoms with Gasteiger partial charge in [-0.3, -0.25) is 9.59 Å². The van der Waals surface area contributed by atoms with E-state index in [2.05, 4.69) is 15.0 Å². The van der Waals surface area contributed by atoms with Gasteiger partial charge in [-0.15, -0.1) is 0 Å². The van der Waals surface area contributed by atoms with Crippen LogP contribution in [0.5, 0.6) is 0 Å². The summed E-state index contributed by atoms with van der Waals surface area (Å²) >= 11 is 5.94. The normalized spacial score (nSPS) is 11.1. The number of rotatable bonds is 5. The number of para-hydroxylation sites is 1. The molecule has 0 amide bonds. The summed E-state index contributed by atoms with van der Waals surface area (Å²) < 4.78 is 5.26. The van der Waals surface area contributed by atoms with Crippen molar-refractivity contribution < 1.29 is 9.53 Å². The first-order valence-electron chi connectivity index (χ1n) is 8.49.